The van der Waals surface area contributed by atoms with E-state index in [0.29, 0.717) is 26.5 Å². The van der Waals surface area contributed by atoms with Gasteiger partial charge in [-0.3, -0.25) is 4.57 Å². The second kappa shape index (κ2) is 8.38. The summed E-state index contributed by atoms with van der Waals surface area (Å²) in [5.41, 5.74) is 5.26. The number of para-hydroxylation sites is 2. The molecule has 0 amide bonds. The lowest BCUT2D eigenvalue weighted by Gasteiger charge is -2.22. The van der Waals surface area contributed by atoms with Gasteiger partial charge in [0.05, 0.1) is 26.5 Å². The Kier molecular flexibility index (Phi) is 4.68. The van der Waals surface area contributed by atoms with Crippen molar-refractivity contribution in [2.24, 2.45) is 0 Å². The summed E-state index contributed by atoms with van der Waals surface area (Å²) in [6, 6.07) is 44.6. The molecule has 5 heteroatoms. The van der Waals surface area contributed by atoms with Crippen LogP contribution in [0.25, 0.3) is 71.6 Å². The van der Waals surface area contributed by atoms with Gasteiger partial charge in [0.2, 0.25) is 9.84 Å². The fourth-order valence-electron chi connectivity index (χ4n) is 6.81. The van der Waals surface area contributed by atoms with Crippen LogP contribution in [0.15, 0.2) is 143 Å². The first-order valence-corrected chi connectivity index (χ1v) is 15.4. The predicted octanol–water partition coefficient (Wildman–Crippen LogP) is 8.97. The number of nitrogens with zero attached hydrogens (tertiary/aromatic N) is 2. The maximum absolute atomic E-state index is 13.7. The molecule has 1 aromatic heterocycles. The van der Waals surface area contributed by atoms with Gasteiger partial charge < -0.3 is 0 Å². The third-order valence-electron chi connectivity index (χ3n) is 8.54. The van der Waals surface area contributed by atoms with Crippen LogP contribution in [0, 0.1) is 0 Å². The lowest BCUT2D eigenvalue weighted by molar-refractivity contribution is 0.594. The van der Waals surface area contributed by atoms with Crippen LogP contribution in [0.5, 0.6) is 0 Å². The first-order valence-electron chi connectivity index (χ1n) is 13.9. The average molecular weight is 559 g/mol. The first kappa shape index (κ1) is 23.4. The molecule has 2 heterocycles. The molecule has 42 heavy (non-hydrogen) atoms. The van der Waals surface area contributed by atoms with Crippen molar-refractivity contribution >= 4 is 53.2 Å². The molecule has 1 aliphatic heterocycles. The molecule has 9 rings (SSSR count). The van der Waals surface area contributed by atoms with Gasteiger partial charge in [-0.25, -0.2) is 13.4 Å². The second-order valence-electron chi connectivity index (χ2n) is 10.7. The van der Waals surface area contributed by atoms with Gasteiger partial charge in [0.15, 0.2) is 0 Å². The van der Waals surface area contributed by atoms with Gasteiger partial charge in [-0.05, 0) is 67.7 Å². The lowest BCUT2D eigenvalue weighted by atomic mass is 9.86. The molecule has 4 nitrogen and oxygen atoms in total. The van der Waals surface area contributed by atoms with Crippen molar-refractivity contribution in [1.29, 1.82) is 0 Å². The van der Waals surface area contributed by atoms with E-state index < -0.39 is 9.84 Å². The highest BCUT2D eigenvalue weighted by Crippen LogP contribution is 2.48. The Labute approximate surface area is 242 Å². The highest BCUT2D eigenvalue weighted by Gasteiger charge is 2.34. The van der Waals surface area contributed by atoms with Gasteiger partial charge in [0, 0.05) is 5.56 Å². The van der Waals surface area contributed by atoms with E-state index in [1.807, 2.05) is 22.8 Å². The number of aromatic nitrogens is 2. The Morgan fingerprint density at radius 3 is 1.79 bits per heavy atom. The topological polar surface area (TPSA) is 52.0 Å². The molecule has 1 aliphatic rings. The van der Waals surface area contributed by atoms with Gasteiger partial charge in [-0.2, -0.15) is 0 Å². The van der Waals surface area contributed by atoms with E-state index >= 15 is 0 Å². The molecule has 198 valence electrons. The number of hydrogen-bond donors (Lipinski definition) is 0. The third kappa shape index (κ3) is 3.00. The minimum atomic E-state index is -3.69. The van der Waals surface area contributed by atoms with Crippen molar-refractivity contribution in [1.82, 2.24) is 9.55 Å². The van der Waals surface area contributed by atoms with Crippen molar-refractivity contribution in [3.05, 3.63) is 133 Å². The first-order chi connectivity index (χ1) is 20.6. The molecule has 0 fully saturated rings. The van der Waals surface area contributed by atoms with E-state index in [1.165, 1.54) is 21.9 Å². The van der Waals surface area contributed by atoms with Crippen LogP contribution in [0.3, 0.4) is 0 Å². The van der Waals surface area contributed by atoms with Crippen LogP contribution in [-0.2, 0) is 9.84 Å². The predicted molar refractivity (Wildman–Crippen MR) is 170 cm³/mol. The third-order valence-corrected chi connectivity index (χ3v) is 10.4. The summed E-state index contributed by atoms with van der Waals surface area (Å²) < 4.78 is 29.5. The van der Waals surface area contributed by atoms with E-state index in [2.05, 4.69) is 91.0 Å². The Hall–Kier alpha value is -5.26. The van der Waals surface area contributed by atoms with Crippen molar-refractivity contribution in [2.75, 3.05) is 0 Å². The van der Waals surface area contributed by atoms with Gasteiger partial charge in [-0.15, -0.1) is 0 Å². The summed E-state index contributed by atoms with van der Waals surface area (Å²) in [6.45, 7) is 0. The Morgan fingerprint density at radius 1 is 0.500 bits per heavy atom. The van der Waals surface area contributed by atoms with E-state index in [1.54, 1.807) is 24.3 Å². The monoisotopic (exact) mass is 558 g/mol. The highest BCUT2D eigenvalue weighted by atomic mass is 32.2. The van der Waals surface area contributed by atoms with Crippen molar-refractivity contribution in [3.8, 4) is 28.2 Å². The van der Waals surface area contributed by atoms with Crippen molar-refractivity contribution in [3.63, 3.8) is 0 Å². The molecule has 0 spiro atoms. The maximum Gasteiger partial charge on any atom is 0.210 e. The minimum Gasteiger partial charge on any atom is -0.290 e. The van der Waals surface area contributed by atoms with E-state index in [9.17, 15) is 8.42 Å². The Bertz CT molecular complexity index is 2480. The molecule has 0 unspecified atom stereocenters. The molecule has 0 N–H and O–H groups in total. The molecule has 0 atom stereocenters. The zero-order valence-corrected chi connectivity index (χ0v) is 23.1. The minimum absolute atomic E-state index is 0.290. The van der Waals surface area contributed by atoms with E-state index in [-0.39, 0.29) is 0 Å². The highest BCUT2D eigenvalue weighted by molar-refractivity contribution is 7.92. The number of imidazole rings is 1. The molecular formula is C37H22N2O2S. The molecular weight excluding hydrogens is 536 g/mol. The number of fused-ring (bicyclic) bond motifs is 5. The SMILES string of the molecule is O=S1(=O)c2ccccc2-n2c(-c3c4ccccc4c(-c4cccc5ccccc45)c4ccccc34)nc3cccc1c32. The zero-order chi connectivity index (χ0) is 28.0. The fourth-order valence-corrected chi connectivity index (χ4v) is 8.44. The molecule has 0 saturated carbocycles. The number of sulfone groups is 1. The summed E-state index contributed by atoms with van der Waals surface area (Å²) in [4.78, 5) is 5.76. The summed E-state index contributed by atoms with van der Waals surface area (Å²) in [5.74, 6) is 0.733. The maximum atomic E-state index is 13.7. The summed E-state index contributed by atoms with van der Waals surface area (Å²) >= 11 is 0. The summed E-state index contributed by atoms with van der Waals surface area (Å²) in [6.07, 6.45) is 0. The molecule has 0 saturated heterocycles. The smallest absolute Gasteiger partial charge is 0.210 e. The lowest BCUT2D eigenvalue weighted by Crippen LogP contribution is -2.15. The molecule has 7 aromatic carbocycles. The van der Waals surface area contributed by atoms with Crippen LogP contribution in [-0.4, -0.2) is 18.0 Å². The van der Waals surface area contributed by atoms with Gasteiger partial charge in [0.1, 0.15) is 5.82 Å². The number of rotatable bonds is 2. The summed E-state index contributed by atoms with van der Waals surface area (Å²) in [7, 11) is -3.69. The second-order valence-corrected chi connectivity index (χ2v) is 12.6. The molecule has 8 aromatic rings. The van der Waals surface area contributed by atoms with Gasteiger partial charge in [0.25, 0.3) is 0 Å². The van der Waals surface area contributed by atoms with Crippen LogP contribution in [0.2, 0.25) is 0 Å². The molecule has 0 radical (unpaired) electrons. The van der Waals surface area contributed by atoms with Crippen LogP contribution in [0.1, 0.15) is 0 Å². The zero-order valence-electron chi connectivity index (χ0n) is 22.3. The van der Waals surface area contributed by atoms with E-state index in [0.717, 1.165) is 32.9 Å². The quantitative estimate of drug-likeness (QED) is 0.199. The van der Waals surface area contributed by atoms with Crippen LogP contribution in [0.4, 0.5) is 0 Å². The van der Waals surface area contributed by atoms with Gasteiger partial charge in [-0.1, -0.05) is 109 Å². The average Bonchev–Trinajstić information content (AvgIpc) is 3.42. The van der Waals surface area contributed by atoms with Crippen molar-refractivity contribution < 1.29 is 8.42 Å². The summed E-state index contributed by atoms with van der Waals surface area (Å²) in [5, 5.41) is 6.78. The number of hydrogen-bond acceptors (Lipinski definition) is 3. The Morgan fingerprint density at radius 2 is 1.05 bits per heavy atom. The molecule has 0 bridgehead atoms. The Balaban J connectivity index is 1.49. The van der Waals surface area contributed by atoms with E-state index in [4.69, 9.17) is 4.98 Å². The van der Waals surface area contributed by atoms with Crippen LogP contribution < -0.4 is 0 Å². The standard InChI is InChI=1S/C37H22N2O2S/c40-42(41)32-21-8-7-20-31(32)39-36-30(19-10-22-33(36)42)38-37(39)35-28-16-5-3-14-26(28)34(27-15-4-6-17-29(27)35)25-18-9-12-23-11-1-2-13-24(23)25/h1-22H. The van der Waals surface area contributed by atoms with Crippen LogP contribution >= 0.6 is 0 Å². The normalized spacial score (nSPS) is 13.6. The fraction of sp³-hybridized carbons (Fsp3) is 0. The number of benzene rings is 7. The van der Waals surface area contributed by atoms with Crippen molar-refractivity contribution in [2.45, 2.75) is 9.79 Å². The van der Waals surface area contributed by atoms with Gasteiger partial charge >= 0.3 is 0 Å². The largest absolute Gasteiger partial charge is 0.290 e. The molecule has 0 aliphatic carbocycles.